The quantitative estimate of drug-likeness (QED) is 0.513. The highest BCUT2D eigenvalue weighted by Gasteiger charge is 2.35. The zero-order valence-electron chi connectivity index (χ0n) is 20.5. The van der Waals surface area contributed by atoms with Crippen LogP contribution in [0.15, 0.2) is 36.4 Å². The molecule has 0 atom stereocenters. The average Bonchev–Trinajstić information content (AvgIpc) is 3.60. The fourth-order valence-corrected chi connectivity index (χ4v) is 4.76. The molecule has 0 bridgehead atoms. The third kappa shape index (κ3) is 4.20. The number of carbonyl (C=O) groups is 1. The van der Waals surface area contributed by atoms with Gasteiger partial charge in [-0.1, -0.05) is 23.7 Å². The Kier molecular flexibility index (Phi) is 6.08. The van der Waals surface area contributed by atoms with Gasteiger partial charge in [-0.05, 0) is 61.1 Å². The molecule has 1 N–H and O–H groups in total. The highest BCUT2D eigenvalue weighted by molar-refractivity contribution is 6.34. The van der Waals surface area contributed by atoms with Crippen molar-refractivity contribution in [3.63, 3.8) is 0 Å². The van der Waals surface area contributed by atoms with E-state index in [1.165, 1.54) is 10.6 Å². The van der Waals surface area contributed by atoms with Gasteiger partial charge in [-0.15, -0.1) is 10.7 Å². The van der Waals surface area contributed by atoms with Gasteiger partial charge in [-0.2, -0.15) is 5.10 Å². The Morgan fingerprint density at radius 1 is 1.17 bits per heavy atom. The van der Waals surface area contributed by atoms with Crippen LogP contribution in [-0.4, -0.2) is 47.1 Å². The van der Waals surface area contributed by atoms with Crippen LogP contribution < -0.4 is 20.0 Å². The minimum atomic E-state index is -0.148. The predicted molar refractivity (Wildman–Crippen MR) is 134 cm³/mol. The average molecular weight is 497 g/mol. The number of benzene rings is 2. The third-order valence-electron chi connectivity index (χ3n) is 6.56. The molecule has 2 aliphatic rings. The molecule has 9 nitrogen and oxygen atoms in total. The first-order chi connectivity index (χ1) is 16.8. The van der Waals surface area contributed by atoms with Gasteiger partial charge in [-0.3, -0.25) is 0 Å². The van der Waals surface area contributed by atoms with Gasteiger partial charge >= 0.3 is 6.03 Å². The van der Waals surface area contributed by atoms with Crippen LogP contribution in [0.25, 0.3) is 11.3 Å². The highest BCUT2D eigenvalue weighted by atomic mass is 35.5. The number of hydrogen-bond donors (Lipinski definition) is 1. The van der Waals surface area contributed by atoms with Gasteiger partial charge in [0.05, 0.1) is 12.8 Å². The van der Waals surface area contributed by atoms with Crippen LogP contribution >= 0.6 is 11.6 Å². The molecule has 0 unspecified atom stereocenters. The van der Waals surface area contributed by atoms with Crippen molar-refractivity contribution in [1.82, 2.24) is 25.4 Å². The first kappa shape index (κ1) is 23.5. The molecular weight excluding hydrogens is 468 g/mol. The zero-order chi connectivity index (χ0) is 24.9. The molecule has 1 saturated heterocycles. The lowest BCUT2D eigenvalue weighted by atomic mass is 10.0. The molecule has 2 aromatic carbocycles. The second kappa shape index (κ2) is 9.07. The zero-order valence-corrected chi connectivity index (χ0v) is 21.3. The van der Waals surface area contributed by atoms with Gasteiger partial charge in [0.1, 0.15) is 23.1 Å². The van der Waals surface area contributed by atoms with Gasteiger partial charge in [0, 0.05) is 32.3 Å². The number of hydrazine groups is 3. The Morgan fingerprint density at radius 2 is 1.94 bits per heavy atom. The minimum Gasteiger partial charge on any atom is -0.489 e. The highest BCUT2D eigenvalue weighted by Crippen LogP contribution is 2.44. The molecule has 3 aromatic rings. The van der Waals surface area contributed by atoms with Gasteiger partial charge < -0.3 is 9.47 Å². The number of anilines is 1. The molecular formula is C25H29ClN6O3. The van der Waals surface area contributed by atoms with E-state index < -0.39 is 0 Å². The minimum absolute atomic E-state index is 0.148. The van der Waals surface area contributed by atoms with E-state index in [0.29, 0.717) is 29.1 Å². The Bertz CT molecular complexity index is 1290. The number of halogens is 1. The maximum absolute atomic E-state index is 12.8. The lowest BCUT2D eigenvalue weighted by molar-refractivity contribution is 0.0652. The molecule has 184 valence electrons. The Balaban J connectivity index is 1.42. The second-order valence-electron chi connectivity index (χ2n) is 8.95. The summed E-state index contributed by atoms with van der Waals surface area (Å²) in [6.45, 7) is 2.34. The molecule has 1 aliphatic carbocycles. The standard InChI is InChI=1S/C25H29ClN6O3/c1-15-13-17(23-22(26)24(34-5)29(2)27-23)11-12-21(15)35-14-19-18(16-9-10-16)7-6-8-20(19)32-25(33)30(3)31(4)28-32/h6-8,11-13,16,28H,9-10,14H2,1-5H3. The summed E-state index contributed by atoms with van der Waals surface area (Å²) in [5.41, 5.74) is 8.66. The lowest BCUT2D eigenvalue weighted by Gasteiger charge is -2.22. The van der Waals surface area contributed by atoms with Gasteiger partial charge in [0.25, 0.3) is 0 Å². The number of aromatic nitrogens is 2. The third-order valence-corrected chi connectivity index (χ3v) is 6.90. The summed E-state index contributed by atoms with van der Waals surface area (Å²) >= 11 is 6.48. The molecule has 2 fully saturated rings. The van der Waals surface area contributed by atoms with E-state index in [1.54, 1.807) is 43.1 Å². The van der Waals surface area contributed by atoms with E-state index in [1.807, 2.05) is 37.3 Å². The maximum Gasteiger partial charge on any atom is 0.355 e. The molecule has 0 radical (unpaired) electrons. The van der Waals surface area contributed by atoms with Crippen LogP contribution in [0.1, 0.15) is 35.4 Å². The number of hydrogen-bond acceptors (Lipinski definition) is 6. The summed E-state index contributed by atoms with van der Waals surface area (Å²) < 4.78 is 13.3. The Labute approximate surface area is 209 Å². The fraction of sp³-hybridized carbons (Fsp3) is 0.360. The number of ether oxygens (including phenoxy) is 2. The van der Waals surface area contributed by atoms with Crippen molar-refractivity contribution in [2.45, 2.75) is 32.3 Å². The van der Waals surface area contributed by atoms with E-state index in [2.05, 4.69) is 16.7 Å². The fourth-order valence-electron chi connectivity index (χ4n) is 4.42. The van der Waals surface area contributed by atoms with Crippen molar-refractivity contribution in [2.24, 2.45) is 7.05 Å². The van der Waals surface area contributed by atoms with Crippen molar-refractivity contribution < 1.29 is 14.3 Å². The summed E-state index contributed by atoms with van der Waals surface area (Å²) in [6.07, 6.45) is 2.30. The van der Waals surface area contributed by atoms with Crippen LogP contribution in [0.2, 0.25) is 5.02 Å². The van der Waals surface area contributed by atoms with Crippen molar-refractivity contribution >= 4 is 23.3 Å². The number of methoxy groups -OCH3 is 1. The topological polar surface area (TPSA) is 75.1 Å². The molecule has 2 amide bonds. The van der Waals surface area contributed by atoms with Crippen LogP contribution in [0.4, 0.5) is 10.5 Å². The van der Waals surface area contributed by atoms with E-state index in [0.717, 1.165) is 41.0 Å². The van der Waals surface area contributed by atoms with Crippen LogP contribution in [-0.2, 0) is 13.7 Å². The Hall–Kier alpha value is -3.27. The van der Waals surface area contributed by atoms with E-state index in [4.69, 9.17) is 21.1 Å². The van der Waals surface area contributed by atoms with Crippen molar-refractivity contribution in [1.29, 1.82) is 0 Å². The molecule has 1 aliphatic heterocycles. The first-order valence-corrected chi connectivity index (χ1v) is 11.9. The number of aryl methyl sites for hydroxylation is 2. The lowest BCUT2D eigenvalue weighted by Crippen LogP contribution is -2.40. The number of carbonyl (C=O) groups excluding carboxylic acids is 1. The summed E-state index contributed by atoms with van der Waals surface area (Å²) in [7, 11) is 6.89. The van der Waals surface area contributed by atoms with Gasteiger partial charge in [-0.25, -0.2) is 19.5 Å². The SMILES string of the molecule is COc1c(Cl)c(-c2ccc(OCc3c(C4CC4)cccc3N3NN(C)N(C)C3=O)c(C)c2)nn1C. The predicted octanol–water partition coefficient (Wildman–Crippen LogP) is 4.65. The number of nitrogens with one attached hydrogen (secondary N) is 1. The van der Waals surface area contributed by atoms with Crippen molar-refractivity contribution in [3.8, 4) is 22.9 Å². The molecule has 0 spiro atoms. The first-order valence-electron chi connectivity index (χ1n) is 11.5. The number of urea groups is 1. The maximum atomic E-state index is 12.8. The van der Waals surface area contributed by atoms with Crippen LogP contribution in [0.3, 0.4) is 0 Å². The number of nitrogens with zero attached hydrogens (tertiary/aromatic N) is 5. The molecule has 2 heterocycles. The van der Waals surface area contributed by atoms with E-state index in [-0.39, 0.29) is 6.03 Å². The summed E-state index contributed by atoms with van der Waals surface area (Å²) in [5, 5.41) is 9.71. The number of rotatable bonds is 7. The Morgan fingerprint density at radius 3 is 2.54 bits per heavy atom. The van der Waals surface area contributed by atoms with Gasteiger partial charge in [0.15, 0.2) is 0 Å². The molecule has 10 heteroatoms. The van der Waals surface area contributed by atoms with Crippen LogP contribution in [0.5, 0.6) is 11.6 Å². The molecule has 5 rings (SSSR count). The molecule has 35 heavy (non-hydrogen) atoms. The van der Waals surface area contributed by atoms with Crippen molar-refractivity contribution in [2.75, 3.05) is 26.2 Å². The summed E-state index contributed by atoms with van der Waals surface area (Å²) in [6, 6.07) is 11.8. The smallest absolute Gasteiger partial charge is 0.355 e. The monoisotopic (exact) mass is 496 g/mol. The van der Waals surface area contributed by atoms with Crippen molar-refractivity contribution in [3.05, 3.63) is 58.1 Å². The molecule has 1 aromatic heterocycles. The van der Waals surface area contributed by atoms with Gasteiger partial charge in [0.2, 0.25) is 5.88 Å². The second-order valence-corrected chi connectivity index (χ2v) is 9.33. The normalized spacial score (nSPS) is 16.3. The van der Waals surface area contributed by atoms with Crippen LogP contribution in [0, 0.1) is 6.92 Å². The molecule has 1 saturated carbocycles. The van der Waals surface area contributed by atoms with E-state index in [9.17, 15) is 4.79 Å². The summed E-state index contributed by atoms with van der Waals surface area (Å²) in [4.78, 5) is 12.8. The largest absolute Gasteiger partial charge is 0.489 e. The number of amides is 2. The van der Waals surface area contributed by atoms with E-state index >= 15 is 0 Å². The summed E-state index contributed by atoms with van der Waals surface area (Å²) in [5.74, 6) is 1.79.